The van der Waals surface area contributed by atoms with Gasteiger partial charge in [-0.3, -0.25) is 14.3 Å². The Hall–Kier alpha value is -4.20. The quantitative estimate of drug-likeness (QED) is 0.418. The molecule has 0 aliphatic rings. The molecule has 7 nitrogen and oxygen atoms in total. The minimum atomic E-state index is -0.763. The number of nitrogens with two attached hydrogens (primary N) is 1. The minimum Gasteiger partial charge on any atom is -0.493 e. The number of fused-ring (bicyclic) bond motifs is 1. The highest BCUT2D eigenvalue weighted by molar-refractivity contribution is 5.94. The number of amides is 1. The van der Waals surface area contributed by atoms with Crippen molar-refractivity contribution in [3.63, 3.8) is 0 Å². The van der Waals surface area contributed by atoms with Crippen molar-refractivity contribution < 1.29 is 18.7 Å². The van der Waals surface area contributed by atoms with Gasteiger partial charge >= 0.3 is 6.03 Å². The highest BCUT2D eigenvalue weighted by atomic mass is 19.1. The van der Waals surface area contributed by atoms with Crippen molar-refractivity contribution in [1.82, 2.24) is 9.55 Å². The van der Waals surface area contributed by atoms with E-state index in [1.54, 1.807) is 6.07 Å². The highest BCUT2D eigenvalue weighted by Gasteiger charge is 2.24. The number of hydrogen-bond donors (Lipinski definition) is 1. The van der Waals surface area contributed by atoms with Crippen LogP contribution in [0, 0.1) is 12.7 Å². The molecule has 0 radical (unpaired) electrons. The Morgan fingerprint density at radius 3 is 2.46 bits per heavy atom. The molecule has 2 aromatic heterocycles. The zero-order valence-corrected chi connectivity index (χ0v) is 20.2. The van der Waals surface area contributed by atoms with Crippen molar-refractivity contribution in [2.24, 2.45) is 5.73 Å². The molecule has 4 rings (SSSR count). The first-order valence-corrected chi connectivity index (χ1v) is 11.0. The first-order valence-electron chi connectivity index (χ1n) is 11.0. The summed E-state index contributed by atoms with van der Waals surface area (Å²) in [6.07, 6.45) is 2.89. The predicted molar refractivity (Wildman–Crippen MR) is 133 cm³/mol. The van der Waals surface area contributed by atoms with Gasteiger partial charge in [0.05, 0.1) is 23.7 Å². The number of methoxy groups -OCH3 is 1. The van der Waals surface area contributed by atoms with Crippen LogP contribution < -0.4 is 20.6 Å². The summed E-state index contributed by atoms with van der Waals surface area (Å²) in [6.45, 7) is 8.05. The SMILES string of the molecule is COc1cc(F)ccc1Oc1cc(C(C)(C)C)cc(C)c1-c1cc(=O)c2cnccc2n1C(N)=O. The normalized spacial score (nSPS) is 11.5. The van der Waals surface area contributed by atoms with Crippen molar-refractivity contribution in [3.8, 4) is 28.5 Å². The number of pyridine rings is 2. The molecule has 0 aliphatic heterocycles. The molecule has 1 amide bonds. The Morgan fingerprint density at radius 1 is 1.06 bits per heavy atom. The van der Waals surface area contributed by atoms with Crippen LogP contribution in [0.3, 0.4) is 0 Å². The number of primary amides is 1. The van der Waals surface area contributed by atoms with Gasteiger partial charge in [-0.1, -0.05) is 26.8 Å². The van der Waals surface area contributed by atoms with E-state index in [-0.39, 0.29) is 33.4 Å². The second-order valence-corrected chi connectivity index (χ2v) is 9.27. The summed E-state index contributed by atoms with van der Waals surface area (Å²) in [4.78, 5) is 29.6. The van der Waals surface area contributed by atoms with Crippen molar-refractivity contribution in [1.29, 1.82) is 0 Å². The molecular formula is C27H26FN3O4. The number of ether oxygens (including phenoxy) is 2. The van der Waals surface area contributed by atoms with Crippen LogP contribution in [0.15, 0.2) is 59.7 Å². The first-order chi connectivity index (χ1) is 16.5. The highest BCUT2D eigenvalue weighted by Crippen LogP contribution is 2.42. The topological polar surface area (TPSA) is 96.4 Å². The smallest absolute Gasteiger partial charge is 0.323 e. The summed E-state index contributed by atoms with van der Waals surface area (Å²) >= 11 is 0. The maximum atomic E-state index is 13.8. The summed E-state index contributed by atoms with van der Waals surface area (Å²) in [7, 11) is 1.42. The molecule has 0 spiro atoms. The Morgan fingerprint density at radius 2 is 1.80 bits per heavy atom. The molecule has 0 bridgehead atoms. The van der Waals surface area contributed by atoms with E-state index in [0.29, 0.717) is 16.8 Å². The summed E-state index contributed by atoms with van der Waals surface area (Å²) in [5.41, 5.74) is 8.07. The van der Waals surface area contributed by atoms with Crippen molar-refractivity contribution in [3.05, 3.63) is 82.0 Å². The number of hydrogen-bond acceptors (Lipinski definition) is 5. The maximum absolute atomic E-state index is 13.8. The molecule has 0 atom stereocenters. The van der Waals surface area contributed by atoms with Crippen LogP contribution in [0.2, 0.25) is 0 Å². The Bertz CT molecular complexity index is 1520. The van der Waals surface area contributed by atoms with Crippen LogP contribution >= 0.6 is 0 Å². The average Bonchev–Trinajstić information content (AvgIpc) is 2.79. The molecule has 4 aromatic rings. The fourth-order valence-corrected chi connectivity index (χ4v) is 4.03. The number of carbonyl (C=O) groups excluding carboxylic acids is 1. The second kappa shape index (κ2) is 8.87. The van der Waals surface area contributed by atoms with E-state index in [2.05, 4.69) is 25.8 Å². The zero-order chi connectivity index (χ0) is 25.5. The van der Waals surface area contributed by atoms with Crippen molar-refractivity contribution in [2.75, 3.05) is 7.11 Å². The van der Waals surface area contributed by atoms with Gasteiger partial charge in [0.25, 0.3) is 0 Å². The van der Waals surface area contributed by atoms with Crippen LogP contribution in [-0.4, -0.2) is 22.7 Å². The van der Waals surface area contributed by atoms with Crippen LogP contribution in [-0.2, 0) is 5.41 Å². The lowest BCUT2D eigenvalue weighted by molar-refractivity contribution is 0.251. The molecular weight excluding hydrogens is 449 g/mol. The third kappa shape index (κ3) is 4.47. The molecule has 2 N–H and O–H groups in total. The molecule has 0 saturated heterocycles. The second-order valence-electron chi connectivity index (χ2n) is 9.27. The predicted octanol–water partition coefficient (Wildman–Crippen LogP) is 5.54. The number of rotatable bonds is 4. The first kappa shape index (κ1) is 23.9. The number of nitrogens with zero attached hydrogens (tertiary/aromatic N) is 2. The monoisotopic (exact) mass is 475 g/mol. The number of aromatic nitrogens is 2. The molecule has 0 unspecified atom stereocenters. The van der Waals surface area contributed by atoms with Crippen LogP contribution in [0.5, 0.6) is 17.2 Å². The summed E-state index contributed by atoms with van der Waals surface area (Å²) < 4.78 is 26.7. The van der Waals surface area contributed by atoms with Crippen molar-refractivity contribution >= 4 is 16.9 Å². The van der Waals surface area contributed by atoms with Gasteiger partial charge in [0.1, 0.15) is 11.6 Å². The summed E-state index contributed by atoms with van der Waals surface area (Å²) in [6, 6.07) is 9.92. The number of aryl methyl sites for hydroxylation is 1. The largest absolute Gasteiger partial charge is 0.493 e. The van der Waals surface area contributed by atoms with Gasteiger partial charge < -0.3 is 15.2 Å². The van der Waals surface area contributed by atoms with Gasteiger partial charge in [-0.15, -0.1) is 0 Å². The lowest BCUT2D eigenvalue weighted by atomic mass is 9.84. The van der Waals surface area contributed by atoms with E-state index in [0.717, 1.165) is 11.1 Å². The molecule has 2 aromatic carbocycles. The van der Waals surface area contributed by atoms with Gasteiger partial charge in [0.2, 0.25) is 0 Å². The minimum absolute atomic E-state index is 0.201. The molecule has 35 heavy (non-hydrogen) atoms. The van der Waals surface area contributed by atoms with Gasteiger partial charge in [0, 0.05) is 30.1 Å². The Kier molecular flexibility index (Phi) is 6.06. The van der Waals surface area contributed by atoms with E-state index in [1.165, 1.54) is 48.3 Å². The standard InChI is InChI=1S/C27H26FN3O4/c1-15-10-16(27(2,3)4)11-24(35-22-7-6-17(28)12-23(22)34-5)25(15)20-13-21(32)18-14-30-9-8-19(18)31(20)26(29)33/h6-14H,1-5H3,(H2,29,33). The average molecular weight is 476 g/mol. The lowest BCUT2D eigenvalue weighted by Crippen LogP contribution is -2.25. The maximum Gasteiger partial charge on any atom is 0.323 e. The number of carbonyl (C=O) groups is 1. The fraction of sp³-hybridized carbons (Fsp3) is 0.222. The number of halogens is 1. The van der Waals surface area contributed by atoms with Gasteiger partial charge in [-0.25, -0.2) is 9.18 Å². The summed E-state index contributed by atoms with van der Waals surface area (Å²) in [5, 5.41) is 0.265. The number of benzene rings is 2. The van der Waals surface area contributed by atoms with Crippen molar-refractivity contribution in [2.45, 2.75) is 33.1 Å². The summed E-state index contributed by atoms with van der Waals surface area (Å²) in [5.74, 6) is 0.368. The third-order valence-corrected chi connectivity index (χ3v) is 5.80. The lowest BCUT2D eigenvalue weighted by Gasteiger charge is -2.24. The fourth-order valence-electron chi connectivity index (χ4n) is 4.03. The van der Waals surface area contributed by atoms with Crippen LogP contribution in [0.25, 0.3) is 22.2 Å². The van der Waals surface area contributed by atoms with Gasteiger partial charge in [-0.2, -0.15) is 0 Å². The Labute approximate surface area is 201 Å². The van der Waals surface area contributed by atoms with Crippen LogP contribution in [0.1, 0.15) is 31.9 Å². The third-order valence-electron chi connectivity index (χ3n) is 5.80. The van der Waals surface area contributed by atoms with Gasteiger partial charge in [0.15, 0.2) is 16.9 Å². The molecule has 0 fully saturated rings. The van der Waals surface area contributed by atoms with Crippen LogP contribution in [0.4, 0.5) is 9.18 Å². The van der Waals surface area contributed by atoms with E-state index < -0.39 is 11.8 Å². The van der Waals surface area contributed by atoms with E-state index in [4.69, 9.17) is 15.2 Å². The zero-order valence-electron chi connectivity index (χ0n) is 20.2. The molecule has 0 aliphatic carbocycles. The van der Waals surface area contributed by atoms with E-state index in [1.807, 2.05) is 19.1 Å². The van der Waals surface area contributed by atoms with E-state index >= 15 is 0 Å². The molecule has 8 heteroatoms. The van der Waals surface area contributed by atoms with E-state index in [9.17, 15) is 14.0 Å². The molecule has 2 heterocycles. The molecule has 0 saturated carbocycles. The van der Waals surface area contributed by atoms with Gasteiger partial charge in [-0.05, 0) is 47.7 Å². The molecule has 180 valence electrons. The Balaban J connectivity index is 2.07.